The zero-order chi connectivity index (χ0) is 21.4. The highest BCUT2D eigenvalue weighted by Crippen LogP contribution is 2.36. The summed E-state index contributed by atoms with van der Waals surface area (Å²) >= 11 is 3.38. The Morgan fingerprint density at radius 1 is 1.28 bits per heavy atom. The quantitative estimate of drug-likeness (QED) is 0.439. The fraction of sp³-hybridized carbons (Fsp3) is 0.263. The minimum atomic E-state index is -4.45. The van der Waals surface area contributed by atoms with Gasteiger partial charge in [0.2, 0.25) is 0 Å². The average molecular weight is 474 g/mol. The Bertz CT molecular complexity index is 889. The molecule has 0 spiro atoms. The van der Waals surface area contributed by atoms with Gasteiger partial charge in [0, 0.05) is 5.69 Å². The number of ether oxygens (including phenoxy) is 2. The van der Waals surface area contributed by atoms with E-state index in [4.69, 9.17) is 9.47 Å². The van der Waals surface area contributed by atoms with Gasteiger partial charge in [-0.1, -0.05) is 6.07 Å². The SMILES string of the molecule is CCOc1cc(/C=N\NC(=O)CNc2cccc(C(F)(F)F)c2)cc(Br)c1OC. The topological polar surface area (TPSA) is 72.0 Å². The number of carbonyl (C=O) groups excluding carboxylic acids is 1. The van der Waals surface area contributed by atoms with E-state index in [0.717, 1.165) is 12.1 Å². The fourth-order valence-electron chi connectivity index (χ4n) is 2.33. The number of anilines is 1. The molecule has 0 saturated carbocycles. The molecule has 156 valence electrons. The molecule has 0 heterocycles. The van der Waals surface area contributed by atoms with Crippen LogP contribution in [0, 0.1) is 0 Å². The number of benzene rings is 2. The van der Waals surface area contributed by atoms with Crippen molar-refractivity contribution in [3.05, 3.63) is 52.0 Å². The van der Waals surface area contributed by atoms with Crippen molar-refractivity contribution in [2.45, 2.75) is 13.1 Å². The first-order valence-corrected chi connectivity index (χ1v) is 9.27. The van der Waals surface area contributed by atoms with Gasteiger partial charge in [-0.05, 0) is 58.7 Å². The molecule has 2 aromatic rings. The number of rotatable bonds is 8. The van der Waals surface area contributed by atoms with Gasteiger partial charge in [0.25, 0.3) is 5.91 Å². The van der Waals surface area contributed by atoms with Crippen LogP contribution >= 0.6 is 15.9 Å². The lowest BCUT2D eigenvalue weighted by Crippen LogP contribution is -2.26. The van der Waals surface area contributed by atoms with Gasteiger partial charge in [-0.15, -0.1) is 0 Å². The van der Waals surface area contributed by atoms with Crippen LogP contribution in [0.2, 0.25) is 0 Å². The van der Waals surface area contributed by atoms with Crippen molar-refractivity contribution in [2.75, 3.05) is 25.6 Å². The van der Waals surface area contributed by atoms with E-state index in [9.17, 15) is 18.0 Å². The molecule has 0 aliphatic carbocycles. The monoisotopic (exact) mass is 473 g/mol. The van der Waals surface area contributed by atoms with E-state index in [-0.39, 0.29) is 12.2 Å². The molecule has 0 aliphatic rings. The van der Waals surface area contributed by atoms with Crippen LogP contribution in [-0.2, 0) is 11.0 Å². The zero-order valence-corrected chi connectivity index (χ0v) is 17.2. The molecular weight excluding hydrogens is 455 g/mol. The molecule has 6 nitrogen and oxygen atoms in total. The van der Waals surface area contributed by atoms with Crippen LogP contribution in [0.5, 0.6) is 11.5 Å². The molecule has 0 aromatic heterocycles. The van der Waals surface area contributed by atoms with E-state index in [0.29, 0.717) is 28.1 Å². The van der Waals surface area contributed by atoms with Crippen molar-refractivity contribution in [1.82, 2.24) is 5.43 Å². The van der Waals surface area contributed by atoms with Crippen molar-refractivity contribution >= 4 is 33.7 Å². The van der Waals surface area contributed by atoms with Gasteiger partial charge < -0.3 is 14.8 Å². The molecule has 0 bridgehead atoms. The first-order valence-electron chi connectivity index (χ1n) is 8.48. The predicted octanol–water partition coefficient (Wildman–Crippen LogP) is 4.44. The lowest BCUT2D eigenvalue weighted by Gasteiger charge is -2.12. The summed E-state index contributed by atoms with van der Waals surface area (Å²) in [6.45, 7) is 2.04. The minimum Gasteiger partial charge on any atom is -0.492 e. The molecule has 1 amide bonds. The Labute approximate surface area is 174 Å². The largest absolute Gasteiger partial charge is 0.492 e. The highest BCUT2D eigenvalue weighted by Gasteiger charge is 2.30. The average Bonchev–Trinajstić information content (AvgIpc) is 2.66. The van der Waals surface area contributed by atoms with E-state index in [1.165, 1.54) is 25.5 Å². The summed E-state index contributed by atoms with van der Waals surface area (Å²) < 4.78 is 49.5. The molecule has 2 aromatic carbocycles. The number of alkyl halides is 3. The zero-order valence-electron chi connectivity index (χ0n) is 15.6. The fourth-order valence-corrected chi connectivity index (χ4v) is 2.95. The smallest absolute Gasteiger partial charge is 0.416 e. The third-order valence-electron chi connectivity index (χ3n) is 3.58. The van der Waals surface area contributed by atoms with Crippen molar-refractivity contribution in [3.63, 3.8) is 0 Å². The third kappa shape index (κ3) is 6.67. The standard InChI is InChI=1S/C19H19BrF3N3O3/c1-3-29-16-8-12(7-15(20)18(16)28-2)10-25-26-17(27)11-24-14-6-4-5-13(9-14)19(21,22)23/h4-10,24H,3,11H2,1-2H3,(H,26,27)/b25-10-. The van der Waals surface area contributed by atoms with Crippen LogP contribution in [0.1, 0.15) is 18.1 Å². The van der Waals surface area contributed by atoms with Gasteiger partial charge in [-0.2, -0.15) is 18.3 Å². The van der Waals surface area contributed by atoms with Crippen molar-refractivity contribution < 1.29 is 27.4 Å². The maximum Gasteiger partial charge on any atom is 0.416 e. The van der Waals surface area contributed by atoms with E-state index in [1.54, 1.807) is 12.1 Å². The molecule has 0 saturated heterocycles. The summed E-state index contributed by atoms with van der Waals surface area (Å²) in [6.07, 6.45) is -3.04. The Hall–Kier alpha value is -2.75. The molecule has 0 unspecified atom stereocenters. The van der Waals surface area contributed by atoms with Gasteiger partial charge in [0.1, 0.15) is 0 Å². The molecule has 2 rings (SSSR count). The summed E-state index contributed by atoms with van der Waals surface area (Å²) in [4.78, 5) is 11.9. The van der Waals surface area contributed by atoms with Gasteiger partial charge >= 0.3 is 6.18 Å². The Morgan fingerprint density at radius 2 is 2.03 bits per heavy atom. The van der Waals surface area contributed by atoms with Gasteiger partial charge in [-0.3, -0.25) is 4.79 Å². The number of nitrogens with zero attached hydrogens (tertiary/aromatic N) is 1. The highest BCUT2D eigenvalue weighted by atomic mass is 79.9. The normalized spacial score (nSPS) is 11.4. The Kier molecular flexibility index (Phi) is 7.89. The molecule has 0 fully saturated rings. The number of nitrogens with one attached hydrogen (secondary N) is 2. The lowest BCUT2D eigenvalue weighted by molar-refractivity contribution is -0.137. The van der Waals surface area contributed by atoms with E-state index in [2.05, 4.69) is 31.8 Å². The number of hydrogen-bond donors (Lipinski definition) is 2. The maximum absolute atomic E-state index is 12.7. The molecule has 29 heavy (non-hydrogen) atoms. The van der Waals surface area contributed by atoms with Crippen molar-refractivity contribution in [2.24, 2.45) is 5.10 Å². The second-order valence-electron chi connectivity index (χ2n) is 5.69. The van der Waals surface area contributed by atoms with Crippen molar-refractivity contribution in [3.8, 4) is 11.5 Å². The first-order chi connectivity index (χ1) is 13.7. The molecule has 10 heteroatoms. The maximum atomic E-state index is 12.7. The number of halogens is 4. The van der Waals surface area contributed by atoms with Gasteiger partial charge in [-0.25, -0.2) is 5.43 Å². The van der Waals surface area contributed by atoms with E-state index >= 15 is 0 Å². The predicted molar refractivity (Wildman–Crippen MR) is 108 cm³/mol. The van der Waals surface area contributed by atoms with Crippen LogP contribution in [0.3, 0.4) is 0 Å². The summed E-state index contributed by atoms with van der Waals surface area (Å²) in [7, 11) is 1.52. The Balaban J connectivity index is 1.95. The second kappa shape index (κ2) is 10.1. The Morgan fingerprint density at radius 3 is 2.69 bits per heavy atom. The van der Waals surface area contributed by atoms with E-state index < -0.39 is 17.6 Å². The molecule has 0 aliphatic heterocycles. The van der Waals surface area contributed by atoms with Crippen LogP contribution in [0.4, 0.5) is 18.9 Å². The number of methoxy groups -OCH3 is 1. The second-order valence-corrected chi connectivity index (χ2v) is 6.55. The van der Waals surface area contributed by atoms with Crippen LogP contribution in [0.25, 0.3) is 0 Å². The number of carbonyl (C=O) groups is 1. The molecule has 2 N–H and O–H groups in total. The van der Waals surface area contributed by atoms with Gasteiger partial charge in [0.15, 0.2) is 11.5 Å². The lowest BCUT2D eigenvalue weighted by atomic mass is 10.2. The van der Waals surface area contributed by atoms with Crippen molar-refractivity contribution in [1.29, 1.82) is 0 Å². The van der Waals surface area contributed by atoms with Crippen LogP contribution in [-0.4, -0.2) is 32.4 Å². The third-order valence-corrected chi connectivity index (χ3v) is 4.17. The minimum absolute atomic E-state index is 0.180. The van der Waals surface area contributed by atoms with Crippen LogP contribution in [0.15, 0.2) is 46.0 Å². The first kappa shape index (κ1) is 22.5. The summed E-state index contributed by atoms with van der Waals surface area (Å²) in [5.74, 6) is 0.540. The molecule has 0 radical (unpaired) electrons. The highest BCUT2D eigenvalue weighted by molar-refractivity contribution is 9.10. The van der Waals surface area contributed by atoms with Crippen LogP contribution < -0.4 is 20.2 Å². The van der Waals surface area contributed by atoms with E-state index in [1.807, 2.05) is 6.92 Å². The summed E-state index contributed by atoms with van der Waals surface area (Å²) in [6, 6.07) is 8.02. The summed E-state index contributed by atoms with van der Waals surface area (Å²) in [5, 5.41) is 6.47. The number of amides is 1. The van der Waals surface area contributed by atoms with Gasteiger partial charge in [0.05, 0.1) is 36.5 Å². The summed E-state index contributed by atoms with van der Waals surface area (Å²) in [5.41, 5.74) is 2.33. The number of hydrogen-bond acceptors (Lipinski definition) is 5. The number of hydrazone groups is 1. The molecular formula is C19H19BrF3N3O3. The molecule has 0 atom stereocenters.